The number of aryl methyl sites for hydroxylation is 1. The first-order valence-electron chi connectivity index (χ1n) is 6.15. The minimum absolute atomic E-state index is 1.21. The second kappa shape index (κ2) is 4.53. The molecule has 3 aromatic rings. The molecular formula is C17H15N. The Hall–Kier alpha value is -2.28. The van der Waals surface area contributed by atoms with Crippen molar-refractivity contribution in [1.82, 2.24) is 4.98 Å². The standard InChI is InChI=1S/C17H15N/c1-13-17(15-10-6-3-7-11-15)16(12-18-13)14-8-4-2-5-9-14/h2-12,18H,1H3. The molecule has 1 aromatic heterocycles. The van der Waals surface area contributed by atoms with Crippen LogP contribution in [0.5, 0.6) is 0 Å². The van der Waals surface area contributed by atoms with Crippen LogP contribution in [0.1, 0.15) is 5.69 Å². The number of rotatable bonds is 2. The lowest BCUT2D eigenvalue weighted by Crippen LogP contribution is -1.82. The highest BCUT2D eigenvalue weighted by molar-refractivity contribution is 5.85. The van der Waals surface area contributed by atoms with E-state index >= 15 is 0 Å². The van der Waals surface area contributed by atoms with Gasteiger partial charge < -0.3 is 4.98 Å². The van der Waals surface area contributed by atoms with Crippen LogP contribution in [0, 0.1) is 6.92 Å². The van der Waals surface area contributed by atoms with Crippen molar-refractivity contribution in [2.24, 2.45) is 0 Å². The number of aromatic amines is 1. The third kappa shape index (κ3) is 1.84. The van der Waals surface area contributed by atoms with Crippen LogP contribution in [0.15, 0.2) is 66.9 Å². The van der Waals surface area contributed by atoms with Gasteiger partial charge in [0.1, 0.15) is 0 Å². The first kappa shape index (κ1) is 10.8. The van der Waals surface area contributed by atoms with Crippen LogP contribution in [-0.2, 0) is 0 Å². The van der Waals surface area contributed by atoms with E-state index in [1.54, 1.807) is 0 Å². The fourth-order valence-corrected chi connectivity index (χ4v) is 2.35. The Morgan fingerprint density at radius 1 is 0.722 bits per heavy atom. The summed E-state index contributed by atoms with van der Waals surface area (Å²) in [5, 5.41) is 0. The zero-order valence-electron chi connectivity index (χ0n) is 10.4. The third-order valence-electron chi connectivity index (χ3n) is 3.22. The Bertz CT molecular complexity index is 636. The van der Waals surface area contributed by atoms with E-state index in [9.17, 15) is 0 Å². The van der Waals surface area contributed by atoms with Crippen LogP contribution in [0.2, 0.25) is 0 Å². The van der Waals surface area contributed by atoms with Crippen molar-refractivity contribution in [3.05, 3.63) is 72.6 Å². The van der Waals surface area contributed by atoms with Crippen molar-refractivity contribution in [2.45, 2.75) is 6.92 Å². The Kier molecular flexibility index (Phi) is 2.73. The molecule has 1 N–H and O–H groups in total. The number of benzene rings is 2. The van der Waals surface area contributed by atoms with Crippen LogP contribution < -0.4 is 0 Å². The molecule has 0 unspecified atom stereocenters. The molecule has 0 bridgehead atoms. The monoisotopic (exact) mass is 233 g/mol. The van der Waals surface area contributed by atoms with E-state index < -0.39 is 0 Å². The predicted octanol–water partition coefficient (Wildman–Crippen LogP) is 4.66. The van der Waals surface area contributed by atoms with Crippen LogP contribution >= 0.6 is 0 Å². The maximum absolute atomic E-state index is 3.33. The maximum atomic E-state index is 3.33. The Morgan fingerprint density at radius 3 is 1.89 bits per heavy atom. The second-order valence-electron chi connectivity index (χ2n) is 4.43. The van der Waals surface area contributed by atoms with Gasteiger partial charge in [-0.1, -0.05) is 60.7 Å². The van der Waals surface area contributed by atoms with E-state index in [0.29, 0.717) is 0 Å². The maximum Gasteiger partial charge on any atom is 0.0201 e. The fraction of sp³-hybridized carbons (Fsp3) is 0.0588. The van der Waals surface area contributed by atoms with Crippen LogP contribution in [-0.4, -0.2) is 4.98 Å². The highest BCUT2D eigenvalue weighted by atomic mass is 14.7. The average Bonchev–Trinajstić information content (AvgIpc) is 2.83. The summed E-state index contributed by atoms with van der Waals surface area (Å²) in [6, 6.07) is 21.0. The van der Waals surface area contributed by atoms with E-state index in [1.807, 2.05) is 12.1 Å². The lowest BCUT2D eigenvalue weighted by molar-refractivity contribution is 1.27. The molecule has 0 amide bonds. The molecule has 0 fully saturated rings. The van der Waals surface area contributed by atoms with E-state index in [1.165, 1.54) is 27.9 Å². The van der Waals surface area contributed by atoms with Crippen molar-refractivity contribution < 1.29 is 0 Å². The molecule has 0 saturated heterocycles. The molecule has 1 heterocycles. The van der Waals surface area contributed by atoms with Gasteiger partial charge in [-0.2, -0.15) is 0 Å². The summed E-state index contributed by atoms with van der Waals surface area (Å²) in [7, 11) is 0. The zero-order chi connectivity index (χ0) is 12.4. The largest absolute Gasteiger partial charge is 0.364 e. The lowest BCUT2D eigenvalue weighted by atomic mass is 9.97. The van der Waals surface area contributed by atoms with E-state index in [0.717, 1.165) is 0 Å². The molecule has 1 nitrogen and oxygen atoms in total. The smallest absolute Gasteiger partial charge is 0.0201 e. The van der Waals surface area contributed by atoms with E-state index in [2.05, 4.69) is 66.6 Å². The molecule has 0 saturated carbocycles. The van der Waals surface area contributed by atoms with Crippen LogP contribution in [0.4, 0.5) is 0 Å². The highest BCUT2D eigenvalue weighted by Crippen LogP contribution is 2.34. The van der Waals surface area contributed by atoms with Crippen molar-refractivity contribution in [3.63, 3.8) is 0 Å². The summed E-state index contributed by atoms with van der Waals surface area (Å²) in [5.74, 6) is 0. The number of nitrogens with one attached hydrogen (secondary N) is 1. The topological polar surface area (TPSA) is 15.8 Å². The predicted molar refractivity (Wildman–Crippen MR) is 76.4 cm³/mol. The minimum Gasteiger partial charge on any atom is -0.364 e. The van der Waals surface area contributed by atoms with Gasteiger partial charge in [-0.15, -0.1) is 0 Å². The Morgan fingerprint density at radius 2 is 1.28 bits per heavy atom. The van der Waals surface area contributed by atoms with Crippen molar-refractivity contribution in [2.75, 3.05) is 0 Å². The van der Waals surface area contributed by atoms with Crippen molar-refractivity contribution in [3.8, 4) is 22.3 Å². The van der Waals surface area contributed by atoms with Crippen LogP contribution in [0.25, 0.3) is 22.3 Å². The van der Waals surface area contributed by atoms with Gasteiger partial charge in [0.25, 0.3) is 0 Å². The molecule has 0 atom stereocenters. The van der Waals surface area contributed by atoms with Crippen molar-refractivity contribution in [1.29, 1.82) is 0 Å². The van der Waals surface area contributed by atoms with Crippen LogP contribution in [0.3, 0.4) is 0 Å². The zero-order valence-corrected chi connectivity index (χ0v) is 10.4. The van der Waals surface area contributed by atoms with E-state index in [-0.39, 0.29) is 0 Å². The molecule has 18 heavy (non-hydrogen) atoms. The van der Waals surface area contributed by atoms with Gasteiger partial charge >= 0.3 is 0 Å². The normalized spacial score (nSPS) is 10.5. The van der Waals surface area contributed by atoms with Gasteiger partial charge in [0.15, 0.2) is 0 Å². The van der Waals surface area contributed by atoms with E-state index in [4.69, 9.17) is 0 Å². The highest BCUT2D eigenvalue weighted by Gasteiger charge is 2.11. The van der Waals surface area contributed by atoms with Gasteiger partial charge in [0.2, 0.25) is 0 Å². The SMILES string of the molecule is Cc1[nH]cc(-c2ccccc2)c1-c1ccccc1. The summed E-state index contributed by atoms with van der Waals surface area (Å²) in [5.41, 5.74) is 6.27. The Balaban J connectivity index is 2.19. The molecule has 1 heteroatoms. The molecule has 2 aromatic carbocycles. The summed E-state index contributed by atoms with van der Waals surface area (Å²) >= 11 is 0. The number of aromatic nitrogens is 1. The first-order chi connectivity index (χ1) is 8.86. The van der Waals surface area contributed by atoms with Gasteiger partial charge in [-0.05, 0) is 18.1 Å². The van der Waals surface area contributed by atoms with Crippen molar-refractivity contribution >= 4 is 0 Å². The molecule has 0 aliphatic rings. The first-order valence-corrected chi connectivity index (χ1v) is 6.15. The quantitative estimate of drug-likeness (QED) is 0.662. The summed E-state index contributed by atoms with van der Waals surface area (Å²) in [4.78, 5) is 3.33. The Labute approximate surface area is 107 Å². The molecule has 0 radical (unpaired) electrons. The summed E-state index contributed by atoms with van der Waals surface area (Å²) in [6.45, 7) is 2.12. The molecule has 88 valence electrons. The molecule has 3 rings (SSSR count). The third-order valence-corrected chi connectivity index (χ3v) is 3.22. The molecule has 0 aliphatic carbocycles. The fourth-order valence-electron chi connectivity index (χ4n) is 2.35. The van der Waals surface area contributed by atoms with Gasteiger partial charge in [-0.3, -0.25) is 0 Å². The number of H-pyrrole nitrogens is 1. The second-order valence-corrected chi connectivity index (χ2v) is 4.43. The average molecular weight is 233 g/mol. The number of hydrogen-bond donors (Lipinski definition) is 1. The van der Waals surface area contributed by atoms with Gasteiger partial charge in [0.05, 0.1) is 0 Å². The lowest BCUT2D eigenvalue weighted by Gasteiger charge is -2.06. The molecule has 0 spiro atoms. The van der Waals surface area contributed by atoms with Gasteiger partial charge in [0, 0.05) is 23.0 Å². The minimum atomic E-state index is 1.21. The summed E-state index contributed by atoms with van der Waals surface area (Å²) in [6.07, 6.45) is 2.09. The molecular weight excluding hydrogens is 218 g/mol. The number of hydrogen-bond acceptors (Lipinski definition) is 0. The van der Waals surface area contributed by atoms with Gasteiger partial charge in [-0.25, -0.2) is 0 Å². The summed E-state index contributed by atoms with van der Waals surface area (Å²) < 4.78 is 0. The molecule has 0 aliphatic heterocycles.